The van der Waals surface area contributed by atoms with Gasteiger partial charge in [0.05, 0.1) is 7.11 Å². The molecule has 3 nitrogen and oxygen atoms in total. The molecular weight excluding hydrogens is 284 g/mol. The van der Waals surface area contributed by atoms with Crippen molar-refractivity contribution in [3.05, 3.63) is 42.0 Å². The maximum atomic E-state index is 5.29. The minimum absolute atomic E-state index is 0.512. The summed E-state index contributed by atoms with van der Waals surface area (Å²) in [7, 11) is 1.71. The van der Waals surface area contributed by atoms with E-state index in [0.717, 1.165) is 38.5 Å². The van der Waals surface area contributed by atoms with Crippen molar-refractivity contribution in [1.29, 1.82) is 0 Å². The lowest BCUT2D eigenvalue weighted by atomic mass is 9.97. The molecule has 126 valence electrons. The molecule has 2 aromatic rings. The second-order valence-corrected chi connectivity index (χ2v) is 6.10. The van der Waals surface area contributed by atoms with Gasteiger partial charge in [0.25, 0.3) is 0 Å². The van der Waals surface area contributed by atoms with Gasteiger partial charge in [-0.25, -0.2) is 0 Å². The molecular formula is C20H30N2O. The van der Waals surface area contributed by atoms with Crippen molar-refractivity contribution in [3.8, 4) is 5.75 Å². The quantitative estimate of drug-likeness (QED) is 0.711. The number of methoxy groups -OCH3 is 1. The highest BCUT2D eigenvalue weighted by Crippen LogP contribution is 2.24. The van der Waals surface area contributed by atoms with Crippen LogP contribution in [0, 0.1) is 0 Å². The highest BCUT2D eigenvalue weighted by atomic mass is 16.5. The van der Waals surface area contributed by atoms with E-state index in [2.05, 4.69) is 61.3 Å². The molecule has 0 fully saturated rings. The van der Waals surface area contributed by atoms with Gasteiger partial charge in [-0.3, -0.25) is 0 Å². The first-order chi connectivity index (χ1) is 11.2. The van der Waals surface area contributed by atoms with Crippen LogP contribution in [0.25, 0.3) is 10.8 Å². The van der Waals surface area contributed by atoms with E-state index in [0.29, 0.717) is 5.92 Å². The Morgan fingerprint density at radius 1 is 1.04 bits per heavy atom. The van der Waals surface area contributed by atoms with Crippen molar-refractivity contribution in [1.82, 2.24) is 10.2 Å². The Bertz CT molecular complexity index is 608. The molecule has 0 heterocycles. The predicted octanol–water partition coefficient (Wildman–Crippen LogP) is 3.88. The zero-order chi connectivity index (χ0) is 16.7. The number of hydrogen-bond donors (Lipinski definition) is 1. The van der Waals surface area contributed by atoms with Gasteiger partial charge in [0.1, 0.15) is 5.75 Å². The average Bonchev–Trinajstić information content (AvgIpc) is 2.60. The summed E-state index contributed by atoms with van der Waals surface area (Å²) in [6, 6.07) is 13.0. The molecule has 0 aromatic heterocycles. The molecule has 0 saturated heterocycles. The summed E-state index contributed by atoms with van der Waals surface area (Å²) in [5.41, 5.74) is 1.39. The van der Waals surface area contributed by atoms with E-state index in [1.807, 2.05) is 6.07 Å². The summed E-state index contributed by atoms with van der Waals surface area (Å²) in [5, 5.41) is 6.09. The molecule has 2 aromatic carbocycles. The number of hydrogen-bond acceptors (Lipinski definition) is 3. The summed E-state index contributed by atoms with van der Waals surface area (Å²) in [6.07, 6.45) is 0. The number of benzene rings is 2. The van der Waals surface area contributed by atoms with Gasteiger partial charge < -0.3 is 15.0 Å². The Morgan fingerprint density at radius 2 is 1.74 bits per heavy atom. The van der Waals surface area contributed by atoms with E-state index in [9.17, 15) is 0 Å². The van der Waals surface area contributed by atoms with Crippen LogP contribution < -0.4 is 10.1 Å². The van der Waals surface area contributed by atoms with Crippen LogP contribution in [-0.2, 0) is 0 Å². The smallest absolute Gasteiger partial charge is 0.119 e. The van der Waals surface area contributed by atoms with E-state index in [1.54, 1.807) is 7.11 Å². The van der Waals surface area contributed by atoms with E-state index in [-0.39, 0.29) is 0 Å². The van der Waals surface area contributed by atoms with Crippen LogP contribution in [0.4, 0.5) is 0 Å². The molecule has 0 amide bonds. The van der Waals surface area contributed by atoms with Gasteiger partial charge in [0.15, 0.2) is 0 Å². The zero-order valence-electron chi connectivity index (χ0n) is 14.9. The number of likely N-dealkylation sites (N-methyl/N-ethyl adjacent to an activating group) is 1. The van der Waals surface area contributed by atoms with Crippen LogP contribution in [0.3, 0.4) is 0 Å². The Morgan fingerprint density at radius 3 is 2.43 bits per heavy atom. The zero-order valence-corrected chi connectivity index (χ0v) is 14.9. The molecule has 0 saturated carbocycles. The number of fused-ring (bicyclic) bond motifs is 1. The Kier molecular flexibility index (Phi) is 6.87. The molecule has 1 unspecified atom stereocenters. The van der Waals surface area contributed by atoms with Crippen LogP contribution in [-0.4, -0.2) is 44.7 Å². The molecule has 23 heavy (non-hydrogen) atoms. The lowest BCUT2D eigenvalue weighted by molar-refractivity contribution is 0.302. The highest BCUT2D eigenvalue weighted by molar-refractivity contribution is 5.84. The van der Waals surface area contributed by atoms with Crippen molar-refractivity contribution in [2.75, 3.05) is 39.8 Å². The third-order valence-corrected chi connectivity index (χ3v) is 4.59. The lowest BCUT2D eigenvalue weighted by Gasteiger charge is -2.19. The van der Waals surface area contributed by atoms with Gasteiger partial charge in [-0.05, 0) is 47.5 Å². The Labute approximate surface area is 140 Å². The molecule has 0 aliphatic heterocycles. The minimum atomic E-state index is 0.512. The van der Waals surface area contributed by atoms with Crippen molar-refractivity contribution < 1.29 is 4.74 Å². The van der Waals surface area contributed by atoms with Crippen molar-refractivity contribution in [2.45, 2.75) is 26.7 Å². The first kappa shape index (κ1) is 17.8. The molecule has 0 spiro atoms. The van der Waals surface area contributed by atoms with Gasteiger partial charge in [-0.15, -0.1) is 0 Å². The van der Waals surface area contributed by atoms with E-state index in [4.69, 9.17) is 4.74 Å². The highest BCUT2D eigenvalue weighted by Gasteiger charge is 2.07. The maximum absolute atomic E-state index is 5.29. The summed E-state index contributed by atoms with van der Waals surface area (Å²) in [6.45, 7) is 12.2. The fourth-order valence-corrected chi connectivity index (χ4v) is 2.89. The predicted molar refractivity (Wildman–Crippen MR) is 99.6 cm³/mol. The summed E-state index contributed by atoms with van der Waals surface area (Å²) >= 11 is 0. The van der Waals surface area contributed by atoms with Gasteiger partial charge >= 0.3 is 0 Å². The fourth-order valence-electron chi connectivity index (χ4n) is 2.89. The van der Waals surface area contributed by atoms with Gasteiger partial charge in [-0.2, -0.15) is 0 Å². The van der Waals surface area contributed by atoms with Crippen molar-refractivity contribution in [2.24, 2.45) is 0 Å². The minimum Gasteiger partial charge on any atom is -0.497 e. The Hall–Kier alpha value is -1.58. The van der Waals surface area contributed by atoms with E-state index >= 15 is 0 Å². The van der Waals surface area contributed by atoms with Crippen LogP contribution in [0.15, 0.2) is 36.4 Å². The largest absolute Gasteiger partial charge is 0.497 e. The fraction of sp³-hybridized carbons (Fsp3) is 0.500. The van der Waals surface area contributed by atoms with Gasteiger partial charge in [0.2, 0.25) is 0 Å². The van der Waals surface area contributed by atoms with Crippen LogP contribution in [0.1, 0.15) is 32.3 Å². The van der Waals surface area contributed by atoms with E-state index < -0.39 is 0 Å². The molecule has 0 bridgehead atoms. The van der Waals surface area contributed by atoms with Crippen LogP contribution in [0.5, 0.6) is 5.75 Å². The first-order valence-corrected chi connectivity index (χ1v) is 8.68. The maximum Gasteiger partial charge on any atom is 0.119 e. The monoisotopic (exact) mass is 314 g/mol. The molecule has 2 rings (SSSR count). The second-order valence-electron chi connectivity index (χ2n) is 6.10. The SMILES string of the molecule is CCN(CC)CCNCC(C)c1ccc2cc(OC)ccc2c1. The van der Waals surface area contributed by atoms with Crippen LogP contribution >= 0.6 is 0 Å². The third-order valence-electron chi connectivity index (χ3n) is 4.59. The molecule has 0 aliphatic rings. The molecule has 1 N–H and O–H groups in total. The topological polar surface area (TPSA) is 24.5 Å². The number of rotatable bonds is 9. The van der Waals surface area contributed by atoms with Gasteiger partial charge in [-0.1, -0.05) is 45.0 Å². The third kappa shape index (κ3) is 4.95. The van der Waals surface area contributed by atoms with Crippen molar-refractivity contribution >= 4 is 10.8 Å². The number of nitrogens with zero attached hydrogens (tertiary/aromatic N) is 1. The van der Waals surface area contributed by atoms with Crippen LogP contribution in [0.2, 0.25) is 0 Å². The van der Waals surface area contributed by atoms with Gasteiger partial charge in [0, 0.05) is 19.6 Å². The van der Waals surface area contributed by atoms with E-state index in [1.165, 1.54) is 16.3 Å². The number of ether oxygens (including phenoxy) is 1. The standard InChI is InChI=1S/C20H30N2O/c1-5-22(6-2)12-11-21-15-16(3)17-7-8-19-14-20(23-4)10-9-18(19)13-17/h7-10,13-14,16,21H,5-6,11-12,15H2,1-4H3. The number of nitrogens with one attached hydrogen (secondary N) is 1. The molecule has 1 atom stereocenters. The first-order valence-electron chi connectivity index (χ1n) is 8.68. The summed E-state index contributed by atoms with van der Waals surface area (Å²) in [4.78, 5) is 2.45. The Balaban J connectivity index is 1.91. The molecule has 0 radical (unpaired) electrons. The normalized spacial score (nSPS) is 12.7. The average molecular weight is 314 g/mol. The molecule has 3 heteroatoms. The summed E-state index contributed by atoms with van der Waals surface area (Å²) in [5.74, 6) is 1.43. The molecule has 0 aliphatic carbocycles. The van der Waals surface area contributed by atoms with Crippen molar-refractivity contribution in [3.63, 3.8) is 0 Å². The second kappa shape index (κ2) is 8.90. The lowest BCUT2D eigenvalue weighted by Crippen LogP contribution is -2.33. The summed E-state index contributed by atoms with van der Waals surface area (Å²) < 4.78 is 5.29.